The van der Waals surface area contributed by atoms with Gasteiger partial charge in [0, 0.05) is 53.1 Å². The molecule has 41 heavy (non-hydrogen) atoms. The topological polar surface area (TPSA) is 147 Å². The lowest BCUT2D eigenvalue weighted by molar-refractivity contribution is -0.140. The predicted octanol–water partition coefficient (Wildman–Crippen LogP) is 4.03. The zero-order chi connectivity index (χ0) is 29.3. The van der Waals surface area contributed by atoms with Crippen LogP contribution in [0.4, 0.5) is 23.8 Å². The van der Waals surface area contributed by atoms with Crippen molar-refractivity contribution in [3.05, 3.63) is 41.2 Å². The Labute approximate surface area is 237 Å². The molecule has 0 saturated carbocycles. The molecule has 218 valence electrons. The van der Waals surface area contributed by atoms with Crippen LogP contribution in [0.3, 0.4) is 0 Å². The molecule has 0 unspecified atom stereocenters. The Morgan fingerprint density at radius 1 is 1.12 bits per heavy atom. The number of nitrogen functional groups attached to an aromatic ring is 1. The van der Waals surface area contributed by atoms with E-state index >= 15 is 0 Å². The van der Waals surface area contributed by atoms with Crippen molar-refractivity contribution in [1.29, 1.82) is 0 Å². The number of urea groups is 1. The first-order valence-electron chi connectivity index (χ1n) is 13.0. The van der Waals surface area contributed by atoms with Crippen LogP contribution >= 0.6 is 11.3 Å². The van der Waals surface area contributed by atoms with Gasteiger partial charge in [-0.05, 0) is 51.8 Å². The monoisotopic (exact) mass is 590 g/mol. The van der Waals surface area contributed by atoms with Crippen LogP contribution in [0, 0.1) is 0 Å². The van der Waals surface area contributed by atoms with E-state index in [1.807, 2.05) is 0 Å². The summed E-state index contributed by atoms with van der Waals surface area (Å²) in [5, 5.41) is 6.10. The minimum absolute atomic E-state index is 0.0330. The predicted molar refractivity (Wildman–Crippen MR) is 146 cm³/mol. The minimum atomic E-state index is -4.65. The number of nitrogens with one attached hydrogen (secondary N) is 3. The molecule has 3 aromatic heterocycles. The molecule has 0 aliphatic carbocycles. The second-order valence-corrected chi connectivity index (χ2v) is 10.8. The van der Waals surface area contributed by atoms with E-state index in [0.717, 1.165) is 42.4 Å². The van der Waals surface area contributed by atoms with E-state index in [2.05, 4.69) is 43.0 Å². The number of piperidine rings is 1. The number of rotatable bonds is 7. The lowest BCUT2D eigenvalue weighted by Crippen LogP contribution is -2.44. The molecule has 5 rings (SSSR count). The normalized spacial score (nSPS) is 20.5. The van der Waals surface area contributed by atoms with E-state index < -0.39 is 23.8 Å². The van der Waals surface area contributed by atoms with Crippen molar-refractivity contribution in [2.45, 2.75) is 57.0 Å². The van der Waals surface area contributed by atoms with Gasteiger partial charge in [-0.2, -0.15) is 13.2 Å². The van der Waals surface area contributed by atoms with Gasteiger partial charge in [0.1, 0.15) is 16.9 Å². The number of hydrogen-bond donors (Lipinski definition) is 4. The van der Waals surface area contributed by atoms with Crippen LogP contribution in [0.25, 0.3) is 21.7 Å². The third-order valence-electron chi connectivity index (χ3n) is 7.38. The number of hydrazine groups is 1. The summed E-state index contributed by atoms with van der Waals surface area (Å²) >= 11 is 0.789. The quantitative estimate of drug-likeness (QED) is 0.183. The van der Waals surface area contributed by atoms with Gasteiger partial charge in [0.25, 0.3) is 5.91 Å². The molecule has 2 fully saturated rings. The number of amides is 3. The third-order valence-corrected chi connectivity index (χ3v) is 8.25. The summed E-state index contributed by atoms with van der Waals surface area (Å²) in [6.07, 6.45) is 1.67. The fraction of sp³-hybridized carbons (Fsp3) is 0.423. The lowest BCUT2D eigenvalue weighted by Gasteiger charge is -2.36. The number of halogens is 3. The Morgan fingerprint density at radius 3 is 2.49 bits per heavy atom. The van der Waals surface area contributed by atoms with Crippen molar-refractivity contribution in [3.63, 3.8) is 0 Å². The van der Waals surface area contributed by atoms with E-state index in [1.54, 1.807) is 6.92 Å². The SMILES string of the molecule is CCNC(=O)Nc1cc(-c2nc(C(F)(F)F)cs2)c(-c2cc(C(=O)NN)cnc2O[C@@H]2C[C@H]3CC[C@@H](C2)N3C)cn1. The molecule has 5 N–H and O–H groups in total. The van der Waals surface area contributed by atoms with Crippen molar-refractivity contribution in [2.24, 2.45) is 5.84 Å². The first kappa shape index (κ1) is 28.7. The average molecular weight is 591 g/mol. The van der Waals surface area contributed by atoms with Crippen LogP contribution in [-0.4, -0.2) is 63.6 Å². The Balaban J connectivity index is 1.60. The molecule has 0 radical (unpaired) electrons. The van der Waals surface area contributed by atoms with E-state index in [9.17, 15) is 22.8 Å². The Morgan fingerprint density at radius 2 is 1.85 bits per heavy atom. The number of nitrogens with two attached hydrogens (primary N) is 1. The maximum absolute atomic E-state index is 13.5. The van der Waals surface area contributed by atoms with Gasteiger partial charge in [-0.25, -0.2) is 25.6 Å². The van der Waals surface area contributed by atoms with Gasteiger partial charge in [-0.3, -0.25) is 15.5 Å². The van der Waals surface area contributed by atoms with Crippen molar-refractivity contribution in [1.82, 2.24) is 30.6 Å². The van der Waals surface area contributed by atoms with Crippen molar-refractivity contribution in [2.75, 3.05) is 18.9 Å². The lowest BCUT2D eigenvalue weighted by atomic mass is 9.99. The van der Waals surface area contributed by atoms with Crippen LogP contribution < -0.4 is 26.6 Å². The molecule has 2 bridgehead atoms. The van der Waals surface area contributed by atoms with Gasteiger partial charge in [0.05, 0.1) is 5.56 Å². The molecule has 0 aromatic carbocycles. The zero-order valence-corrected chi connectivity index (χ0v) is 23.1. The minimum Gasteiger partial charge on any atom is -0.474 e. The molecular formula is C26H29F3N8O3S. The van der Waals surface area contributed by atoms with E-state index in [0.29, 0.717) is 29.8 Å². The number of aromatic nitrogens is 3. The number of carbonyl (C=O) groups is 2. The summed E-state index contributed by atoms with van der Waals surface area (Å²) in [6, 6.07) is 3.18. The highest BCUT2D eigenvalue weighted by molar-refractivity contribution is 7.13. The summed E-state index contributed by atoms with van der Waals surface area (Å²) in [7, 11) is 2.11. The summed E-state index contributed by atoms with van der Waals surface area (Å²) in [4.78, 5) is 39.5. The first-order valence-corrected chi connectivity index (χ1v) is 13.9. The number of hydrogen-bond acceptors (Lipinski definition) is 9. The highest BCUT2D eigenvalue weighted by Gasteiger charge is 2.40. The van der Waals surface area contributed by atoms with Crippen LogP contribution in [0.1, 0.15) is 48.7 Å². The fourth-order valence-electron chi connectivity index (χ4n) is 5.33. The Bertz CT molecular complexity index is 1440. The molecular weight excluding hydrogens is 561 g/mol. The van der Waals surface area contributed by atoms with Crippen LogP contribution in [-0.2, 0) is 6.18 Å². The number of carbonyl (C=O) groups excluding carboxylic acids is 2. The average Bonchev–Trinajstić information content (AvgIpc) is 3.50. The van der Waals surface area contributed by atoms with Gasteiger partial charge >= 0.3 is 12.2 Å². The Kier molecular flexibility index (Phi) is 8.11. The molecule has 2 saturated heterocycles. The summed E-state index contributed by atoms with van der Waals surface area (Å²) < 4.78 is 46.8. The molecule has 3 atom stereocenters. The molecule has 3 aromatic rings. The second-order valence-electron chi connectivity index (χ2n) is 9.95. The van der Waals surface area contributed by atoms with Crippen molar-refractivity contribution < 1.29 is 27.5 Å². The van der Waals surface area contributed by atoms with Gasteiger partial charge in [-0.15, -0.1) is 11.3 Å². The van der Waals surface area contributed by atoms with Gasteiger partial charge in [0.15, 0.2) is 5.69 Å². The smallest absolute Gasteiger partial charge is 0.434 e. The van der Waals surface area contributed by atoms with Gasteiger partial charge in [0.2, 0.25) is 5.88 Å². The number of pyridine rings is 2. The maximum atomic E-state index is 13.5. The molecule has 0 spiro atoms. The third kappa shape index (κ3) is 6.11. The number of fused-ring (bicyclic) bond motifs is 2. The highest BCUT2D eigenvalue weighted by Crippen LogP contribution is 2.42. The molecule has 15 heteroatoms. The van der Waals surface area contributed by atoms with E-state index in [-0.39, 0.29) is 33.9 Å². The van der Waals surface area contributed by atoms with E-state index in [4.69, 9.17) is 10.6 Å². The number of ether oxygens (including phenoxy) is 1. The molecule has 3 amide bonds. The van der Waals surface area contributed by atoms with E-state index in [1.165, 1.54) is 24.5 Å². The number of alkyl halides is 3. The maximum Gasteiger partial charge on any atom is 0.434 e. The summed E-state index contributed by atoms with van der Waals surface area (Å²) in [5.74, 6) is 5.03. The standard InChI is InChI=1S/C26H29F3N8O3S/c1-3-31-25(39)35-21-9-18(24-34-20(12-41-24)26(27,28)29)19(11-32-21)17-6-13(22(38)36-30)10-33-23(17)40-16-7-14-4-5-15(8-16)37(14)2/h6,9-12,14-16H,3-5,7-8,30H2,1-2H3,(H,36,38)(H2,31,32,35,39)/t14-,15+,16-. The fourth-order valence-corrected chi connectivity index (χ4v) is 6.18. The van der Waals surface area contributed by atoms with Crippen LogP contribution in [0.5, 0.6) is 5.88 Å². The summed E-state index contributed by atoms with van der Waals surface area (Å²) in [6.45, 7) is 2.10. The molecule has 5 heterocycles. The van der Waals surface area contributed by atoms with Gasteiger partial charge < -0.3 is 15.0 Å². The number of thiazole rings is 1. The number of nitrogens with zero attached hydrogens (tertiary/aromatic N) is 4. The van der Waals surface area contributed by atoms with Crippen LogP contribution in [0.15, 0.2) is 29.9 Å². The first-order chi connectivity index (χ1) is 19.6. The number of anilines is 1. The molecule has 2 aliphatic rings. The van der Waals surface area contributed by atoms with Crippen molar-refractivity contribution in [3.8, 4) is 27.6 Å². The Hall–Kier alpha value is -3.82. The van der Waals surface area contributed by atoms with Crippen molar-refractivity contribution >= 4 is 29.1 Å². The summed E-state index contributed by atoms with van der Waals surface area (Å²) in [5.41, 5.74) is 2.02. The molecule has 11 nitrogen and oxygen atoms in total. The van der Waals surface area contributed by atoms with Crippen LogP contribution in [0.2, 0.25) is 0 Å². The zero-order valence-electron chi connectivity index (χ0n) is 22.3. The largest absolute Gasteiger partial charge is 0.474 e. The van der Waals surface area contributed by atoms with Gasteiger partial charge in [-0.1, -0.05) is 0 Å². The highest BCUT2D eigenvalue weighted by atomic mass is 32.1. The second kappa shape index (κ2) is 11.6. The molecule has 2 aliphatic heterocycles.